The largest absolute Gasteiger partial charge is 0.469 e. The third-order valence-corrected chi connectivity index (χ3v) is 2.79. The van der Waals surface area contributed by atoms with Crippen molar-refractivity contribution in [1.29, 1.82) is 0 Å². The van der Waals surface area contributed by atoms with E-state index in [0.717, 1.165) is 0 Å². The van der Waals surface area contributed by atoms with Gasteiger partial charge in [0, 0.05) is 13.6 Å². The second kappa shape index (κ2) is 6.35. The van der Waals surface area contributed by atoms with Crippen LogP contribution < -0.4 is 0 Å². The number of halogens is 2. The van der Waals surface area contributed by atoms with Crippen molar-refractivity contribution < 1.29 is 18.7 Å². The molecule has 0 atom stereocenters. The number of nitrogens with zero attached hydrogens (tertiary/aromatic N) is 1. The van der Waals surface area contributed by atoms with Gasteiger partial charge in [-0.1, -0.05) is 17.7 Å². The molecule has 0 radical (unpaired) electrons. The summed E-state index contributed by atoms with van der Waals surface area (Å²) < 4.78 is 17.7. The second-order valence-corrected chi connectivity index (χ2v) is 4.03. The van der Waals surface area contributed by atoms with Crippen molar-refractivity contribution >= 4 is 23.5 Å². The van der Waals surface area contributed by atoms with Crippen molar-refractivity contribution in [3.63, 3.8) is 0 Å². The molecule has 0 aliphatic rings. The molecule has 0 aliphatic heterocycles. The van der Waals surface area contributed by atoms with Gasteiger partial charge in [0.2, 0.25) is 0 Å². The first kappa shape index (κ1) is 14.4. The molecule has 0 bridgehead atoms. The predicted molar refractivity (Wildman–Crippen MR) is 65.0 cm³/mol. The first-order valence-electron chi connectivity index (χ1n) is 5.23. The molecular weight excluding hydrogens is 261 g/mol. The summed E-state index contributed by atoms with van der Waals surface area (Å²) in [6, 6.07) is 4.01. The number of amides is 1. The van der Waals surface area contributed by atoms with Gasteiger partial charge in [-0.05, 0) is 12.1 Å². The van der Waals surface area contributed by atoms with Crippen LogP contribution in [0.5, 0.6) is 0 Å². The lowest BCUT2D eigenvalue weighted by Crippen LogP contribution is -2.29. The van der Waals surface area contributed by atoms with E-state index in [1.165, 1.54) is 37.3 Å². The number of ether oxygens (including phenoxy) is 1. The Morgan fingerprint density at radius 1 is 1.44 bits per heavy atom. The lowest BCUT2D eigenvalue weighted by atomic mass is 10.2. The highest BCUT2D eigenvalue weighted by Gasteiger charge is 2.17. The monoisotopic (exact) mass is 273 g/mol. The molecule has 0 aromatic heterocycles. The molecule has 1 amide bonds. The smallest absolute Gasteiger partial charge is 0.307 e. The number of hydrogen-bond donors (Lipinski definition) is 0. The molecule has 1 rings (SSSR count). The normalized spacial score (nSPS) is 10.0. The van der Waals surface area contributed by atoms with Gasteiger partial charge in [0.15, 0.2) is 0 Å². The minimum absolute atomic E-state index is 0.0732. The van der Waals surface area contributed by atoms with E-state index in [2.05, 4.69) is 4.74 Å². The third kappa shape index (κ3) is 3.43. The van der Waals surface area contributed by atoms with Crippen molar-refractivity contribution in [3.05, 3.63) is 34.6 Å². The molecule has 0 heterocycles. The van der Waals surface area contributed by atoms with Crippen LogP contribution in [0.2, 0.25) is 5.02 Å². The van der Waals surface area contributed by atoms with Gasteiger partial charge in [0.05, 0.1) is 24.1 Å². The van der Waals surface area contributed by atoms with Gasteiger partial charge in [-0.15, -0.1) is 0 Å². The van der Waals surface area contributed by atoms with E-state index in [4.69, 9.17) is 11.6 Å². The Balaban J connectivity index is 2.74. The first-order chi connectivity index (χ1) is 8.47. The lowest BCUT2D eigenvalue weighted by molar-refractivity contribution is -0.140. The quantitative estimate of drug-likeness (QED) is 0.790. The molecule has 0 aliphatic carbocycles. The summed E-state index contributed by atoms with van der Waals surface area (Å²) in [4.78, 5) is 24.2. The lowest BCUT2D eigenvalue weighted by Gasteiger charge is -2.17. The highest BCUT2D eigenvalue weighted by atomic mass is 35.5. The predicted octanol–water partition coefficient (Wildman–Crippen LogP) is 2.11. The molecule has 1 aromatic rings. The molecule has 18 heavy (non-hydrogen) atoms. The molecule has 0 saturated heterocycles. The number of methoxy groups -OCH3 is 1. The number of hydrogen-bond acceptors (Lipinski definition) is 3. The summed E-state index contributed by atoms with van der Waals surface area (Å²) >= 11 is 5.71. The van der Waals surface area contributed by atoms with Crippen LogP contribution >= 0.6 is 11.6 Å². The van der Waals surface area contributed by atoms with Gasteiger partial charge >= 0.3 is 5.97 Å². The highest BCUT2D eigenvalue weighted by Crippen LogP contribution is 2.20. The van der Waals surface area contributed by atoms with Gasteiger partial charge in [0.1, 0.15) is 5.82 Å². The molecule has 4 nitrogen and oxygen atoms in total. The van der Waals surface area contributed by atoms with E-state index in [1.807, 2.05) is 0 Å². The molecule has 1 aromatic carbocycles. The summed E-state index contributed by atoms with van der Waals surface area (Å²) in [6.07, 6.45) is 0.0751. The minimum atomic E-state index is -0.649. The maximum absolute atomic E-state index is 13.2. The number of benzene rings is 1. The van der Waals surface area contributed by atoms with Gasteiger partial charge in [-0.3, -0.25) is 9.59 Å². The molecule has 0 spiro atoms. The van der Waals surface area contributed by atoms with E-state index in [1.54, 1.807) is 0 Å². The Labute approximate surface area is 109 Å². The maximum Gasteiger partial charge on any atom is 0.307 e. The van der Waals surface area contributed by atoms with Crippen LogP contribution in [0, 0.1) is 5.82 Å². The molecule has 6 heteroatoms. The zero-order chi connectivity index (χ0) is 13.7. The summed E-state index contributed by atoms with van der Waals surface area (Å²) in [5.74, 6) is -1.51. The SMILES string of the molecule is COC(=O)CCN(C)C(=O)c1cccc(F)c1Cl. The third-order valence-electron chi connectivity index (χ3n) is 2.41. The van der Waals surface area contributed by atoms with Crippen LogP contribution in [0.1, 0.15) is 16.8 Å². The summed E-state index contributed by atoms with van der Waals surface area (Å²) in [5.41, 5.74) is 0.0732. The standard InChI is InChI=1S/C12H13ClFNO3/c1-15(7-6-10(16)18-2)12(17)8-4-3-5-9(14)11(8)13/h3-5H,6-7H2,1-2H3. The Morgan fingerprint density at radius 3 is 2.72 bits per heavy atom. The van der Waals surface area contributed by atoms with Gasteiger partial charge in [0.25, 0.3) is 5.91 Å². The first-order valence-corrected chi connectivity index (χ1v) is 5.61. The van der Waals surface area contributed by atoms with Crippen molar-refractivity contribution in [2.45, 2.75) is 6.42 Å². The van der Waals surface area contributed by atoms with E-state index < -0.39 is 17.7 Å². The molecule has 0 fully saturated rings. The number of rotatable bonds is 4. The average Bonchev–Trinajstić information content (AvgIpc) is 2.37. The van der Waals surface area contributed by atoms with Crippen molar-refractivity contribution in [3.8, 4) is 0 Å². The Morgan fingerprint density at radius 2 is 2.11 bits per heavy atom. The average molecular weight is 274 g/mol. The Hall–Kier alpha value is -1.62. The van der Waals surface area contributed by atoms with Crippen LogP contribution in [0.4, 0.5) is 4.39 Å². The van der Waals surface area contributed by atoms with Crippen LogP contribution in [0.3, 0.4) is 0 Å². The van der Waals surface area contributed by atoms with E-state index in [9.17, 15) is 14.0 Å². The zero-order valence-electron chi connectivity index (χ0n) is 10.1. The van der Waals surface area contributed by atoms with Gasteiger partial charge in [-0.25, -0.2) is 4.39 Å². The van der Waals surface area contributed by atoms with Crippen molar-refractivity contribution in [1.82, 2.24) is 4.90 Å². The molecule has 0 unspecified atom stereocenters. The summed E-state index contributed by atoms with van der Waals surface area (Å²) in [5, 5.41) is -0.215. The summed E-state index contributed by atoms with van der Waals surface area (Å²) in [6.45, 7) is 0.179. The van der Waals surface area contributed by atoms with Crippen LogP contribution in [0.15, 0.2) is 18.2 Å². The topological polar surface area (TPSA) is 46.6 Å². The van der Waals surface area contributed by atoms with Crippen molar-refractivity contribution in [2.75, 3.05) is 20.7 Å². The van der Waals surface area contributed by atoms with Gasteiger partial charge < -0.3 is 9.64 Å². The Bertz CT molecular complexity index is 465. The molecule has 0 N–H and O–H groups in total. The van der Waals surface area contributed by atoms with E-state index >= 15 is 0 Å². The maximum atomic E-state index is 13.2. The van der Waals surface area contributed by atoms with E-state index in [-0.39, 0.29) is 23.6 Å². The van der Waals surface area contributed by atoms with Gasteiger partial charge in [-0.2, -0.15) is 0 Å². The number of carbonyl (C=O) groups excluding carboxylic acids is 2. The minimum Gasteiger partial charge on any atom is -0.469 e. The van der Waals surface area contributed by atoms with E-state index in [0.29, 0.717) is 0 Å². The zero-order valence-corrected chi connectivity index (χ0v) is 10.8. The highest BCUT2D eigenvalue weighted by molar-refractivity contribution is 6.33. The Kier molecular flexibility index (Phi) is 5.09. The number of esters is 1. The molecule has 0 saturated carbocycles. The second-order valence-electron chi connectivity index (χ2n) is 3.65. The fourth-order valence-electron chi connectivity index (χ4n) is 1.34. The van der Waals surface area contributed by atoms with Crippen LogP contribution in [-0.2, 0) is 9.53 Å². The summed E-state index contributed by atoms with van der Waals surface area (Å²) in [7, 11) is 2.78. The van der Waals surface area contributed by atoms with Crippen LogP contribution in [-0.4, -0.2) is 37.5 Å². The number of carbonyl (C=O) groups is 2. The fraction of sp³-hybridized carbons (Fsp3) is 0.333. The molecule has 98 valence electrons. The molecular formula is C12H13ClFNO3. The van der Waals surface area contributed by atoms with Crippen LogP contribution in [0.25, 0.3) is 0 Å². The fourth-order valence-corrected chi connectivity index (χ4v) is 1.54. The van der Waals surface area contributed by atoms with Crippen molar-refractivity contribution in [2.24, 2.45) is 0 Å².